The van der Waals surface area contributed by atoms with Crippen LogP contribution in [0.2, 0.25) is 0 Å². The van der Waals surface area contributed by atoms with Crippen LogP contribution >= 0.6 is 11.3 Å². The average molecular weight is 505 g/mol. The number of aromatic nitrogens is 1. The fourth-order valence-electron chi connectivity index (χ4n) is 5.74. The second kappa shape index (κ2) is 11.1. The zero-order valence-corrected chi connectivity index (χ0v) is 22.0. The average Bonchev–Trinajstić information content (AvgIpc) is 3.61. The van der Waals surface area contributed by atoms with Crippen LogP contribution in [0.1, 0.15) is 62.9 Å². The van der Waals surface area contributed by atoms with E-state index in [-0.39, 0.29) is 29.8 Å². The predicted octanol–water partition coefficient (Wildman–Crippen LogP) is 5.30. The van der Waals surface area contributed by atoms with E-state index in [4.69, 9.17) is 4.98 Å². The number of hydrogen-bond donors (Lipinski definition) is 2. The summed E-state index contributed by atoms with van der Waals surface area (Å²) in [6, 6.07) is 13.9. The zero-order valence-electron chi connectivity index (χ0n) is 21.2. The second-order valence-corrected chi connectivity index (χ2v) is 11.1. The molecule has 2 N–H and O–H groups in total. The molecule has 2 aromatic carbocycles. The summed E-state index contributed by atoms with van der Waals surface area (Å²) >= 11 is 1.64. The molecule has 1 aliphatic heterocycles. The summed E-state index contributed by atoms with van der Waals surface area (Å²) in [5.74, 6) is 0.149. The number of thiazole rings is 1. The number of fused-ring (bicyclic) bond motifs is 1. The van der Waals surface area contributed by atoms with E-state index < -0.39 is 6.04 Å². The number of carbonyl (C=O) groups excluding carboxylic acids is 2. The molecule has 2 heterocycles. The fourth-order valence-corrected chi connectivity index (χ4v) is 6.70. The summed E-state index contributed by atoms with van der Waals surface area (Å²) in [7, 11) is 1.77. The molecule has 2 fully saturated rings. The van der Waals surface area contributed by atoms with Crippen molar-refractivity contribution in [3.8, 4) is 11.3 Å². The van der Waals surface area contributed by atoms with Gasteiger partial charge in [-0.3, -0.25) is 9.59 Å². The molecule has 3 unspecified atom stereocenters. The Morgan fingerprint density at radius 2 is 1.81 bits per heavy atom. The standard InChI is InChI=1S/C29H36N4O2S/c1-19(30-2)27(34)32-26(21-11-4-3-5-12-21)29(35)33-17-9-16-25(33)28-31-24(18-36-28)23-15-8-13-20-10-6-7-14-22(20)23/h6-8,10,13-15,18-19,21,25-26,30H,3-5,9,11-12,16-17H2,1-2H3,(H,32,34). The van der Waals surface area contributed by atoms with Gasteiger partial charge in [0.25, 0.3) is 0 Å². The van der Waals surface area contributed by atoms with Crippen molar-refractivity contribution < 1.29 is 9.59 Å². The molecule has 1 aromatic heterocycles. The molecule has 3 atom stereocenters. The van der Waals surface area contributed by atoms with Gasteiger partial charge in [0, 0.05) is 17.5 Å². The Bertz CT molecular complexity index is 1210. The first-order valence-electron chi connectivity index (χ1n) is 13.3. The molecule has 1 saturated carbocycles. The van der Waals surface area contributed by atoms with Gasteiger partial charge in [-0.25, -0.2) is 4.98 Å². The first-order valence-corrected chi connectivity index (χ1v) is 14.2. The van der Waals surface area contributed by atoms with Crippen molar-refractivity contribution in [1.82, 2.24) is 20.5 Å². The highest BCUT2D eigenvalue weighted by atomic mass is 32.1. The Morgan fingerprint density at radius 1 is 1.03 bits per heavy atom. The highest BCUT2D eigenvalue weighted by Gasteiger charge is 2.40. The van der Waals surface area contributed by atoms with Crippen LogP contribution in [-0.4, -0.2) is 47.4 Å². The largest absolute Gasteiger partial charge is 0.343 e. The van der Waals surface area contributed by atoms with Crippen molar-refractivity contribution in [3.05, 3.63) is 52.9 Å². The van der Waals surface area contributed by atoms with Crippen molar-refractivity contribution in [2.45, 2.75) is 70.0 Å². The maximum atomic E-state index is 14.0. The maximum absolute atomic E-state index is 14.0. The van der Waals surface area contributed by atoms with Gasteiger partial charge in [-0.2, -0.15) is 0 Å². The number of amides is 2. The van der Waals surface area contributed by atoms with Crippen LogP contribution in [-0.2, 0) is 9.59 Å². The lowest BCUT2D eigenvalue weighted by Gasteiger charge is -2.35. The van der Waals surface area contributed by atoms with Crippen LogP contribution < -0.4 is 10.6 Å². The molecule has 6 nitrogen and oxygen atoms in total. The number of rotatable bonds is 7. The van der Waals surface area contributed by atoms with E-state index >= 15 is 0 Å². The van der Waals surface area contributed by atoms with Gasteiger partial charge in [0.15, 0.2) is 0 Å². The normalized spacial score (nSPS) is 20.4. The van der Waals surface area contributed by atoms with Crippen molar-refractivity contribution in [2.75, 3.05) is 13.6 Å². The van der Waals surface area contributed by atoms with Gasteiger partial charge in [0.05, 0.1) is 17.8 Å². The molecule has 1 saturated heterocycles. The van der Waals surface area contributed by atoms with Crippen LogP contribution in [0, 0.1) is 5.92 Å². The smallest absolute Gasteiger partial charge is 0.246 e. The van der Waals surface area contributed by atoms with Gasteiger partial charge in [-0.1, -0.05) is 61.7 Å². The van der Waals surface area contributed by atoms with Crippen LogP contribution in [0.3, 0.4) is 0 Å². The molecule has 0 radical (unpaired) electrons. The predicted molar refractivity (Wildman–Crippen MR) is 146 cm³/mol. The Kier molecular flexibility index (Phi) is 7.67. The highest BCUT2D eigenvalue weighted by molar-refractivity contribution is 7.10. The van der Waals surface area contributed by atoms with Crippen molar-refractivity contribution in [3.63, 3.8) is 0 Å². The molecule has 2 amide bonds. The highest BCUT2D eigenvalue weighted by Crippen LogP contribution is 2.38. The maximum Gasteiger partial charge on any atom is 0.246 e. The van der Waals surface area contributed by atoms with Gasteiger partial charge < -0.3 is 15.5 Å². The third-order valence-electron chi connectivity index (χ3n) is 7.92. The topological polar surface area (TPSA) is 74.3 Å². The van der Waals surface area contributed by atoms with Gasteiger partial charge in [0.1, 0.15) is 11.0 Å². The summed E-state index contributed by atoms with van der Waals surface area (Å²) in [5, 5.41) is 11.6. The summed E-state index contributed by atoms with van der Waals surface area (Å²) in [6.45, 7) is 2.55. The minimum absolute atomic E-state index is 0.0315. The molecule has 2 aliphatic rings. The lowest BCUT2D eigenvalue weighted by atomic mass is 9.83. The number of hydrogen-bond acceptors (Lipinski definition) is 5. The van der Waals surface area contributed by atoms with Gasteiger partial charge in [-0.15, -0.1) is 11.3 Å². The van der Waals surface area contributed by atoms with Gasteiger partial charge in [0.2, 0.25) is 11.8 Å². The molecule has 5 rings (SSSR count). The molecular formula is C29H36N4O2S. The lowest BCUT2D eigenvalue weighted by Crippen LogP contribution is -2.55. The molecule has 36 heavy (non-hydrogen) atoms. The molecule has 0 spiro atoms. The lowest BCUT2D eigenvalue weighted by molar-refractivity contribution is -0.139. The van der Waals surface area contributed by atoms with Crippen molar-refractivity contribution in [2.24, 2.45) is 5.92 Å². The first-order chi connectivity index (χ1) is 17.6. The Balaban J connectivity index is 1.40. The minimum atomic E-state index is -0.466. The van der Waals surface area contributed by atoms with Crippen LogP contribution in [0.15, 0.2) is 47.8 Å². The van der Waals surface area contributed by atoms with E-state index in [1.165, 1.54) is 17.2 Å². The third kappa shape index (κ3) is 5.04. The Hall–Kier alpha value is -2.77. The third-order valence-corrected chi connectivity index (χ3v) is 8.87. The number of likely N-dealkylation sites (tertiary alicyclic amines) is 1. The minimum Gasteiger partial charge on any atom is -0.343 e. The number of benzene rings is 2. The van der Waals surface area contributed by atoms with Crippen LogP contribution in [0.4, 0.5) is 0 Å². The molecule has 3 aromatic rings. The molecule has 7 heteroatoms. The van der Waals surface area contributed by atoms with E-state index in [2.05, 4.69) is 58.5 Å². The van der Waals surface area contributed by atoms with Crippen LogP contribution in [0.5, 0.6) is 0 Å². The molecule has 190 valence electrons. The van der Waals surface area contributed by atoms with E-state index in [9.17, 15) is 9.59 Å². The number of carbonyl (C=O) groups is 2. The fraction of sp³-hybridized carbons (Fsp3) is 0.483. The Labute approximate surface area is 217 Å². The molecule has 0 bridgehead atoms. The Morgan fingerprint density at radius 3 is 2.61 bits per heavy atom. The first kappa shape index (κ1) is 24.9. The van der Waals surface area contributed by atoms with Crippen molar-refractivity contribution in [1.29, 1.82) is 0 Å². The van der Waals surface area contributed by atoms with E-state index in [1.54, 1.807) is 18.4 Å². The summed E-state index contributed by atoms with van der Waals surface area (Å²) in [5.41, 5.74) is 2.09. The monoisotopic (exact) mass is 504 g/mol. The molecular weight excluding hydrogens is 468 g/mol. The summed E-state index contributed by atoms with van der Waals surface area (Å²) in [6.07, 6.45) is 7.30. The number of nitrogens with zero attached hydrogens (tertiary/aromatic N) is 2. The van der Waals surface area contributed by atoms with Gasteiger partial charge in [-0.05, 0) is 56.3 Å². The van der Waals surface area contributed by atoms with Gasteiger partial charge >= 0.3 is 0 Å². The second-order valence-electron chi connectivity index (χ2n) is 10.2. The summed E-state index contributed by atoms with van der Waals surface area (Å²) < 4.78 is 0. The number of nitrogens with one attached hydrogen (secondary N) is 2. The zero-order chi connectivity index (χ0) is 25.1. The molecule has 1 aliphatic carbocycles. The quantitative estimate of drug-likeness (QED) is 0.458. The van der Waals surface area contributed by atoms with Crippen LogP contribution in [0.25, 0.3) is 22.0 Å². The van der Waals surface area contributed by atoms with E-state index in [1.807, 2.05) is 11.8 Å². The summed E-state index contributed by atoms with van der Waals surface area (Å²) in [4.78, 5) is 33.8. The van der Waals surface area contributed by atoms with Crippen molar-refractivity contribution >= 4 is 33.9 Å². The number of likely N-dealkylation sites (N-methyl/N-ethyl adjacent to an activating group) is 1. The van der Waals surface area contributed by atoms with E-state index in [0.29, 0.717) is 6.54 Å². The van der Waals surface area contributed by atoms with E-state index in [0.717, 1.165) is 54.8 Å². The SMILES string of the molecule is CNC(C)C(=O)NC(C(=O)N1CCCC1c1nc(-c2cccc3ccccc23)cs1)C1CCCCC1.